The van der Waals surface area contributed by atoms with Crippen LogP contribution in [0.5, 0.6) is 0 Å². The van der Waals surface area contributed by atoms with Crippen molar-refractivity contribution in [3.05, 3.63) is 41.3 Å². The molecule has 0 saturated carbocycles. The van der Waals surface area contributed by atoms with Crippen molar-refractivity contribution in [2.75, 3.05) is 0 Å². The summed E-state index contributed by atoms with van der Waals surface area (Å²) in [6.07, 6.45) is 1.55. The molecule has 2 aromatic heterocycles. The molecule has 0 radical (unpaired) electrons. The summed E-state index contributed by atoms with van der Waals surface area (Å²) < 4.78 is 1.19. The number of aromatic nitrogens is 3. The number of aromatic carboxylic acids is 1. The highest BCUT2D eigenvalue weighted by atomic mass is 35.5. The number of halogens is 1. The summed E-state index contributed by atoms with van der Waals surface area (Å²) in [5.41, 5.74) is -0.0151. The molecule has 2 aromatic rings. The van der Waals surface area contributed by atoms with E-state index < -0.39 is 5.97 Å². The minimum atomic E-state index is -1.10. The molecule has 0 fully saturated rings. The summed E-state index contributed by atoms with van der Waals surface area (Å²) in [7, 11) is 0. The van der Waals surface area contributed by atoms with Gasteiger partial charge in [-0.25, -0.2) is 14.5 Å². The van der Waals surface area contributed by atoms with Crippen LogP contribution in [0.2, 0.25) is 5.15 Å². The third-order valence-electron chi connectivity index (χ3n) is 1.76. The van der Waals surface area contributed by atoms with Gasteiger partial charge >= 0.3 is 5.97 Å². The molecule has 2 heterocycles. The zero-order valence-corrected chi connectivity index (χ0v) is 8.22. The first-order valence-electron chi connectivity index (χ1n) is 4.09. The normalized spacial score (nSPS) is 10.2. The largest absolute Gasteiger partial charge is 0.477 e. The lowest BCUT2D eigenvalue weighted by Crippen LogP contribution is -2.08. The fraction of sp³-hybridized carbons (Fsp3) is 0. The lowest BCUT2D eigenvalue weighted by Gasteiger charge is -2.01. The van der Waals surface area contributed by atoms with Crippen molar-refractivity contribution in [3.8, 4) is 5.82 Å². The van der Waals surface area contributed by atoms with Crippen molar-refractivity contribution in [2.45, 2.75) is 0 Å². The number of carbonyl (C=O) groups is 1. The molecule has 0 unspecified atom stereocenters. The van der Waals surface area contributed by atoms with Gasteiger partial charge in [-0.1, -0.05) is 17.7 Å². The average Bonchev–Trinajstić information content (AvgIpc) is 2.62. The average molecular weight is 224 g/mol. The van der Waals surface area contributed by atoms with E-state index in [9.17, 15) is 4.79 Å². The van der Waals surface area contributed by atoms with Gasteiger partial charge in [0.05, 0.1) is 0 Å². The van der Waals surface area contributed by atoms with Gasteiger partial charge in [0.15, 0.2) is 16.7 Å². The molecular weight excluding hydrogens is 218 g/mol. The van der Waals surface area contributed by atoms with Crippen LogP contribution in [0.25, 0.3) is 5.82 Å². The molecule has 0 bridgehead atoms. The zero-order chi connectivity index (χ0) is 10.8. The Kier molecular flexibility index (Phi) is 2.39. The summed E-state index contributed by atoms with van der Waals surface area (Å²) in [4.78, 5) is 14.8. The number of nitrogens with zero attached hydrogens (tertiary/aromatic N) is 3. The molecule has 76 valence electrons. The van der Waals surface area contributed by atoms with Crippen LogP contribution in [-0.4, -0.2) is 25.8 Å². The van der Waals surface area contributed by atoms with Crippen molar-refractivity contribution >= 4 is 17.6 Å². The third-order valence-corrected chi connectivity index (χ3v) is 1.95. The highest BCUT2D eigenvalue weighted by Crippen LogP contribution is 2.13. The van der Waals surface area contributed by atoms with Gasteiger partial charge in [0.1, 0.15) is 0 Å². The number of hydrogen-bond donors (Lipinski definition) is 1. The fourth-order valence-corrected chi connectivity index (χ4v) is 1.34. The Morgan fingerprint density at radius 2 is 2.27 bits per heavy atom. The van der Waals surface area contributed by atoms with E-state index in [4.69, 9.17) is 16.7 Å². The van der Waals surface area contributed by atoms with Gasteiger partial charge in [0, 0.05) is 12.3 Å². The van der Waals surface area contributed by atoms with E-state index in [1.54, 1.807) is 24.4 Å². The highest BCUT2D eigenvalue weighted by Gasteiger charge is 2.14. The first-order valence-corrected chi connectivity index (χ1v) is 4.46. The molecule has 0 aromatic carbocycles. The van der Waals surface area contributed by atoms with E-state index in [1.165, 1.54) is 10.7 Å². The molecule has 5 nitrogen and oxygen atoms in total. The summed E-state index contributed by atoms with van der Waals surface area (Å²) in [5.74, 6) is -0.679. The van der Waals surface area contributed by atoms with Gasteiger partial charge in [-0.2, -0.15) is 5.10 Å². The molecular formula is C9H6ClN3O2. The van der Waals surface area contributed by atoms with Crippen LogP contribution in [0, 0.1) is 0 Å². The van der Waals surface area contributed by atoms with Gasteiger partial charge in [-0.15, -0.1) is 0 Å². The summed E-state index contributed by atoms with van der Waals surface area (Å²) in [5, 5.41) is 12.9. The van der Waals surface area contributed by atoms with Crippen LogP contribution < -0.4 is 0 Å². The number of carboxylic acid groups (broad SMARTS) is 1. The van der Waals surface area contributed by atoms with Gasteiger partial charge < -0.3 is 5.11 Å². The first kappa shape index (κ1) is 9.67. The predicted molar refractivity (Wildman–Crippen MR) is 53.3 cm³/mol. The molecule has 0 amide bonds. The second-order valence-electron chi connectivity index (χ2n) is 2.76. The van der Waals surface area contributed by atoms with Gasteiger partial charge in [0.2, 0.25) is 0 Å². The maximum atomic E-state index is 10.9. The quantitative estimate of drug-likeness (QED) is 0.840. The number of carboxylic acids is 1. The maximum Gasteiger partial charge on any atom is 0.354 e. The van der Waals surface area contributed by atoms with E-state index in [0.29, 0.717) is 5.82 Å². The van der Waals surface area contributed by atoms with E-state index in [1.807, 2.05) is 0 Å². The summed E-state index contributed by atoms with van der Waals surface area (Å²) in [6, 6.07) is 6.40. The van der Waals surface area contributed by atoms with Gasteiger partial charge in [0.25, 0.3) is 0 Å². The Labute approximate surface area is 89.9 Å². The zero-order valence-electron chi connectivity index (χ0n) is 7.46. The summed E-state index contributed by atoms with van der Waals surface area (Å²) >= 11 is 5.64. The van der Waals surface area contributed by atoms with Crippen molar-refractivity contribution in [1.29, 1.82) is 0 Å². The predicted octanol–water partition coefficient (Wildman–Crippen LogP) is 1.62. The molecule has 1 N–H and O–H groups in total. The van der Waals surface area contributed by atoms with Crippen molar-refractivity contribution < 1.29 is 9.90 Å². The molecule has 0 aliphatic carbocycles. The molecule has 2 rings (SSSR count). The van der Waals surface area contributed by atoms with Gasteiger partial charge in [-0.3, -0.25) is 0 Å². The summed E-state index contributed by atoms with van der Waals surface area (Å²) in [6.45, 7) is 0. The molecule has 0 saturated heterocycles. The number of hydrogen-bond acceptors (Lipinski definition) is 3. The number of pyridine rings is 1. The molecule has 0 atom stereocenters. The lowest BCUT2D eigenvalue weighted by molar-refractivity contribution is 0.0687. The second kappa shape index (κ2) is 3.70. The molecule has 15 heavy (non-hydrogen) atoms. The maximum absolute atomic E-state index is 10.9. The molecule has 0 aliphatic heterocycles. The Balaban J connectivity index is 2.58. The topological polar surface area (TPSA) is 68.0 Å². The van der Waals surface area contributed by atoms with Crippen LogP contribution in [-0.2, 0) is 0 Å². The Hall–Kier alpha value is -1.88. The second-order valence-corrected chi connectivity index (χ2v) is 3.14. The SMILES string of the molecule is O=C(O)c1cc(Cl)nn1-c1ccccn1. The lowest BCUT2D eigenvalue weighted by atomic mass is 10.4. The Bertz CT molecular complexity index is 495. The third kappa shape index (κ3) is 1.82. The minimum absolute atomic E-state index is 0.0151. The van der Waals surface area contributed by atoms with Crippen LogP contribution in [0.3, 0.4) is 0 Å². The highest BCUT2D eigenvalue weighted by molar-refractivity contribution is 6.29. The minimum Gasteiger partial charge on any atom is -0.477 e. The van der Waals surface area contributed by atoms with Crippen LogP contribution in [0.1, 0.15) is 10.5 Å². The van der Waals surface area contributed by atoms with Crippen LogP contribution >= 0.6 is 11.6 Å². The van der Waals surface area contributed by atoms with E-state index in [0.717, 1.165) is 0 Å². The van der Waals surface area contributed by atoms with Crippen molar-refractivity contribution in [2.24, 2.45) is 0 Å². The van der Waals surface area contributed by atoms with Crippen LogP contribution in [0.15, 0.2) is 30.5 Å². The fourth-order valence-electron chi connectivity index (χ4n) is 1.16. The standard InChI is InChI=1S/C9H6ClN3O2/c10-7-5-6(9(14)15)13(12-7)8-3-1-2-4-11-8/h1-5H,(H,14,15). The Morgan fingerprint density at radius 3 is 2.87 bits per heavy atom. The Morgan fingerprint density at radius 1 is 1.47 bits per heavy atom. The first-order chi connectivity index (χ1) is 7.18. The van der Waals surface area contributed by atoms with E-state index in [-0.39, 0.29) is 10.8 Å². The van der Waals surface area contributed by atoms with Crippen LogP contribution in [0.4, 0.5) is 0 Å². The monoisotopic (exact) mass is 223 g/mol. The smallest absolute Gasteiger partial charge is 0.354 e. The molecule has 6 heteroatoms. The van der Waals surface area contributed by atoms with E-state index in [2.05, 4.69) is 10.1 Å². The van der Waals surface area contributed by atoms with E-state index >= 15 is 0 Å². The van der Waals surface area contributed by atoms with Gasteiger partial charge in [-0.05, 0) is 12.1 Å². The number of rotatable bonds is 2. The molecule has 0 aliphatic rings. The van der Waals surface area contributed by atoms with Crippen molar-refractivity contribution in [1.82, 2.24) is 14.8 Å². The van der Waals surface area contributed by atoms with Crippen molar-refractivity contribution in [3.63, 3.8) is 0 Å². The molecule has 0 spiro atoms.